The third-order valence-corrected chi connectivity index (χ3v) is 7.94. The number of benzene rings is 3. The Morgan fingerprint density at radius 3 is 2.78 bits per heavy atom. The number of carbonyl (C=O) groups excluding carboxylic acids is 2. The van der Waals surface area contributed by atoms with Gasteiger partial charge in [-0.2, -0.15) is 10.2 Å². The molecular formula is C30H23ClN6O3S. The Hall–Kier alpha value is -4.67. The molecule has 3 aromatic carbocycles. The first kappa shape index (κ1) is 26.5. The monoisotopic (exact) mass is 582 g/mol. The third-order valence-electron chi connectivity index (χ3n) is 6.46. The van der Waals surface area contributed by atoms with Gasteiger partial charge in [0.15, 0.2) is 10.9 Å². The Balaban J connectivity index is 1.20. The number of fused-ring (bicyclic) bond motifs is 1. The molecule has 1 aliphatic heterocycles. The fraction of sp³-hybridized carbons (Fsp3) is 0.100. The second kappa shape index (κ2) is 11.4. The van der Waals surface area contributed by atoms with Crippen molar-refractivity contribution < 1.29 is 14.0 Å². The predicted octanol–water partition coefficient (Wildman–Crippen LogP) is 6.20. The van der Waals surface area contributed by atoms with Gasteiger partial charge in [-0.05, 0) is 48.9 Å². The number of halogens is 1. The fourth-order valence-corrected chi connectivity index (χ4v) is 5.43. The molecule has 1 aliphatic rings. The van der Waals surface area contributed by atoms with Crippen LogP contribution in [0.3, 0.4) is 0 Å². The van der Waals surface area contributed by atoms with Crippen LogP contribution in [0.5, 0.6) is 0 Å². The number of hydrogen-bond acceptors (Lipinski definition) is 7. The maximum atomic E-state index is 12.6. The van der Waals surface area contributed by atoms with Crippen molar-refractivity contribution in [3.05, 3.63) is 101 Å². The molecule has 0 bridgehead atoms. The van der Waals surface area contributed by atoms with Crippen LogP contribution in [0.4, 0.5) is 5.69 Å². The van der Waals surface area contributed by atoms with Gasteiger partial charge in [0.1, 0.15) is 16.5 Å². The van der Waals surface area contributed by atoms with E-state index in [1.54, 1.807) is 29.1 Å². The number of amidine groups is 1. The van der Waals surface area contributed by atoms with Gasteiger partial charge in [0.05, 0.1) is 11.9 Å². The summed E-state index contributed by atoms with van der Waals surface area (Å²) in [5.41, 5.74) is 4.29. The maximum Gasteiger partial charge on any atom is 0.240 e. The molecule has 9 nitrogen and oxygen atoms in total. The van der Waals surface area contributed by atoms with Gasteiger partial charge in [0, 0.05) is 34.3 Å². The number of aromatic nitrogens is 2. The van der Waals surface area contributed by atoms with E-state index in [0.29, 0.717) is 32.9 Å². The molecule has 0 spiro atoms. The summed E-state index contributed by atoms with van der Waals surface area (Å²) in [6.45, 7) is 1.82. The highest BCUT2D eigenvalue weighted by Gasteiger charge is 2.32. The van der Waals surface area contributed by atoms with Gasteiger partial charge in [-0.3, -0.25) is 9.59 Å². The van der Waals surface area contributed by atoms with Crippen molar-refractivity contribution in [2.75, 3.05) is 5.32 Å². The normalized spacial score (nSPS) is 16.1. The number of thioether (sulfide) groups is 1. The smallest absolute Gasteiger partial charge is 0.240 e. The van der Waals surface area contributed by atoms with Crippen molar-refractivity contribution >= 4 is 63.2 Å². The molecule has 2 amide bonds. The number of nitrogens with zero attached hydrogens (tertiary/aromatic N) is 4. The zero-order valence-corrected chi connectivity index (χ0v) is 23.3. The van der Waals surface area contributed by atoms with Crippen LogP contribution in [0, 0.1) is 6.92 Å². The summed E-state index contributed by atoms with van der Waals surface area (Å²) in [5, 5.41) is 19.9. The van der Waals surface area contributed by atoms with E-state index in [1.807, 2.05) is 73.8 Å². The van der Waals surface area contributed by atoms with Gasteiger partial charge in [0.2, 0.25) is 11.8 Å². The average Bonchev–Trinajstić information content (AvgIpc) is 3.68. The molecular weight excluding hydrogens is 560 g/mol. The van der Waals surface area contributed by atoms with Crippen LogP contribution in [0.2, 0.25) is 5.02 Å². The minimum Gasteiger partial charge on any atom is -0.454 e. The summed E-state index contributed by atoms with van der Waals surface area (Å²) in [5.74, 6) is -0.00195. The number of hydrogen-bond donors (Lipinski definition) is 2. The predicted molar refractivity (Wildman–Crippen MR) is 163 cm³/mol. The van der Waals surface area contributed by atoms with Gasteiger partial charge >= 0.3 is 0 Å². The van der Waals surface area contributed by atoms with E-state index in [4.69, 9.17) is 21.1 Å². The van der Waals surface area contributed by atoms with E-state index in [1.165, 1.54) is 0 Å². The molecule has 2 aromatic heterocycles. The van der Waals surface area contributed by atoms with Crippen LogP contribution in [0.25, 0.3) is 28.1 Å². The summed E-state index contributed by atoms with van der Waals surface area (Å²) >= 11 is 7.29. The Kier molecular flexibility index (Phi) is 7.41. The Morgan fingerprint density at radius 2 is 1.95 bits per heavy atom. The second-order valence-corrected chi connectivity index (χ2v) is 10.9. The summed E-state index contributed by atoms with van der Waals surface area (Å²) in [6.07, 6.45) is 3.38. The van der Waals surface area contributed by atoms with Crippen molar-refractivity contribution in [3.63, 3.8) is 0 Å². The van der Waals surface area contributed by atoms with Crippen molar-refractivity contribution in [1.29, 1.82) is 0 Å². The number of rotatable bonds is 7. The summed E-state index contributed by atoms with van der Waals surface area (Å²) in [4.78, 5) is 25.1. The fourth-order valence-electron chi connectivity index (χ4n) is 4.33. The molecule has 0 radical (unpaired) electrons. The Labute approximate surface area is 244 Å². The zero-order chi connectivity index (χ0) is 28.3. The van der Waals surface area contributed by atoms with Gasteiger partial charge in [-0.25, -0.2) is 4.68 Å². The standard InChI is InChI=1S/C30H23ClN6O3S/c1-18-22(31)11-7-12-23(18)33-27(38)15-26-29(39)34-30(41-26)35-32-16-20-17-37(21-9-3-2-4-10-21)36-28(20)25-14-19-8-5-6-13-24(19)40-25/h2-14,16-17,26H,15H2,1H3,(H,33,38)(H,34,35,39)/b32-16-/t26-/m0/s1. The van der Waals surface area contributed by atoms with Crippen LogP contribution in [0.15, 0.2) is 99.7 Å². The Morgan fingerprint density at radius 1 is 1.15 bits per heavy atom. The largest absolute Gasteiger partial charge is 0.454 e. The highest BCUT2D eigenvalue weighted by Crippen LogP contribution is 2.30. The molecule has 204 valence electrons. The molecule has 6 rings (SSSR count). The molecule has 2 N–H and O–H groups in total. The lowest BCUT2D eigenvalue weighted by Gasteiger charge is -2.10. The van der Waals surface area contributed by atoms with E-state index >= 15 is 0 Å². The minimum absolute atomic E-state index is 0.0226. The zero-order valence-electron chi connectivity index (χ0n) is 21.7. The SMILES string of the molecule is Cc1c(Cl)cccc1NC(=O)C[C@@H]1S/C(=N/N=C\c2cn(-c3ccccc3)nc2-c2cc3ccccc3o2)NC1=O. The lowest BCUT2D eigenvalue weighted by atomic mass is 10.2. The Bertz CT molecular complexity index is 1800. The van der Waals surface area contributed by atoms with E-state index < -0.39 is 5.25 Å². The molecule has 5 aromatic rings. The molecule has 3 heterocycles. The number of para-hydroxylation sites is 2. The first-order valence-corrected chi connectivity index (χ1v) is 14.0. The molecule has 1 atom stereocenters. The van der Waals surface area contributed by atoms with Crippen molar-refractivity contribution in [2.24, 2.45) is 10.2 Å². The average molecular weight is 583 g/mol. The number of amides is 2. The lowest BCUT2D eigenvalue weighted by molar-refractivity contribution is -0.122. The maximum absolute atomic E-state index is 12.6. The van der Waals surface area contributed by atoms with Crippen LogP contribution < -0.4 is 10.6 Å². The van der Waals surface area contributed by atoms with E-state index in [2.05, 4.69) is 20.8 Å². The molecule has 1 saturated heterocycles. The first-order valence-electron chi connectivity index (χ1n) is 12.7. The summed E-state index contributed by atoms with van der Waals surface area (Å²) in [6, 6.07) is 24.7. The quantitative estimate of drug-likeness (QED) is 0.175. The summed E-state index contributed by atoms with van der Waals surface area (Å²) in [7, 11) is 0. The van der Waals surface area contributed by atoms with Crippen molar-refractivity contribution in [2.45, 2.75) is 18.6 Å². The van der Waals surface area contributed by atoms with Gasteiger partial charge in [-0.15, -0.1) is 5.10 Å². The van der Waals surface area contributed by atoms with Gasteiger partial charge in [0.25, 0.3) is 0 Å². The van der Waals surface area contributed by atoms with Crippen LogP contribution in [-0.4, -0.2) is 38.2 Å². The van der Waals surface area contributed by atoms with Gasteiger partial charge in [-0.1, -0.05) is 65.8 Å². The topological polar surface area (TPSA) is 114 Å². The lowest BCUT2D eigenvalue weighted by Crippen LogP contribution is -2.28. The van der Waals surface area contributed by atoms with E-state index in [0.717, 1.165) is 34.0 Å². The van der Waals surface area contributed by atoms with Crippen LogP contribution in [0.1, 0.15) is 17.5 Å². The number of carbonyl (C=O) groups is 2. The van der Waals surface area contributed by atoms with E-state index in [9.17, 15) is 9.59 Å². The first-order chi connectivity index (χ1) is 19.9. The van der Waals surface area contributed by atoms with Crippen molar-refractivity contribution in [3.8, 4) is 17.1 Å². The molecule has 11 heteroatoms. The highest BCUT2D eigenvalue weighted by molar-refractivity contribution is 8.15. The van der Waals surface area contributed by atoms with Crippen LogP contribution >= 0.6 is 23.4 Å². The van der Waals surface area contributed by atoms with Crippen molar-refractivity contribution in [1.82, 2.24) is 15.1 Å². The van der Waals surface area contributed by atoms with Gasteiger partial charge < -0.3 is 15.1 Å². The third kappa shape index (κ3) is 5.79. The summed E-state index contributed by atoms with van der Waals surface area (Å²) < 4.78 is 7.82. The minimum atomic E-state index is -0.629. The molecule has 0 aliphatic carbocycles. The van der Waals surface area contributed by atoms with Crippen LogP contribution in [-0.2, 0) is 9.59 Å². The molecule has 0 saturated carbocycles. The number of anilines is 1. The number of furan rings is 1. The number of nitrogens with one attached hydrogen (secondary N) is 2. The molecule has 1 fully saturated rings. The molecule has 0 unspecified atom stereocenters. The highest BCUT2D eigenvalue weighted by atomic mass is 35.5. The second-order valence-electron chi connectivity index (χ2n) is 9.27. The van der Waals surface area contributed by atoms with E-state index in [-0.39, 0.29) is 18.2 Å². The molecule has 41 heavy (non-hydrogen) atoms.